The van der Waals surface area contributed by atoms with Crippen molar-refractivity contribution in [1.29, 1.82) is 0 Å². The summed E-state index contributed by atoms with van der Waals surface area (Å²) in [6, 6.07) is 7.72. The third-order valence-electron chi connectivity index (χ3n) is 2.32. The Balaban J connectivity index is 2.25. The second kappa shape index (κ2) is 5.75. The zero-order valence-corrected chi connectivity index (χ0v) is 10.3. The zero-order valence-electron chi connectivity index (χ0n) is 9.53. The summed E-state index contributed by atoms with van der Waals surface area (Å²) in [5.41, 5.74) is 6.13. The number of rotatable bonds is 4. The molecule has 1 heterocycles. The molecule has 18 heavy (non-hydrogen) atoms. The Morgan fingerprint density at radius 3 is 2.72 bits per heavy atom. The molecule has 3 N–H and O–H groups in total. The Labute approximate surface area is 109 Å². The summed E-state index contributed by atoms with van der Waals surface area (Å²) in [5, 5.41) is 11.3. The molecule has 0 saturated carbocycles. The summed E-state index contributed by atoms with van der Waals surface area (Å²) < 4.78 is 13.6. The average Bonchev–Trinajstić information content (AvgIpc) is 2.40. The molecular weight excluding hydrogens is 255 g/mol. The van der Waals surface area contributed by atoms with E-state index >= 15 is 0 Å². The van der Waals surface area contributed by atoms with Gasteiger partial charge in [-0.2, -0.15) is 0 Å². The summed E-state index contributed by atoms with van der Waals surface area (Å²) >= 11 is 5.83. The van der Waals surface area contributed by atoms with Gasteiger partial charge < -0.3 is 11.1 Å². The van der Waals surface area contributed by atoms with Crippen LogP contribution in [0.25, 0.3) is 11.3 Å². The van der Waals surface area contributed by atoms with Crippen molar-refractivity contribution in [2.24, 2.45) is 5.73 Å². The number of nitrogens with zero attached hydrogens (tertiary/aromatic N) is 2. The Morgan fingerprint density at radius 2 is 2.06 bits per heavy atom. The van der Waals surface area contributed by atoms with Gasteiger partial charge in [0.25, 0.3) is 0 Å². The maximum absolute atomic E-state index is 13.6. The molecule has 0 fully saturated rings. The lowest BCUT2D eigenvalue weighted by molar-refractivity contribution is 0.630. The van der Waals surface area contributed by atoms with Crippen molar-refractivity contribution >= 4 is 17.4 Å². The van der Waals surface area contributed by atoms with E-state index in [1.165, 1.54) is 18.2 Å². The van der Waals surface area contributed by atoms with Crippen molar-refractivity contribution in [3.8, 4) is 11.3 Å². The first kappa shape index (κ1) is 12.7. The van der Waals surface area contributed by atoms with Gasteiger partial charge >= 0.3 is 0 Å². The van der Waals surface area contributed by atoms with Crippen LogP contribution in [-0.2, 0) is 0 Å². The Morgan fingerprint density at radius 1 is 1.22 bits per heavy atom. The van der Waals surface area contributed by atoms with Gasteiger partial charge in [-0.15, -0.1) is 10.2 Å². The monoisotopic (exact) mass is 266 g/mol. The first-order chi connectivity index (χ1) is 8.70. The molecule has 0 aliphatic rings. The molecule has 0 bridgehead atoms. The van der Waals surface area contributed by atoms with Gasteiger partial charge in [-0.25, -0.2) is 4.39 Å². The Hall–Kier alpha value is -1.72. The molecule has 0 spiro atoms. The highest BCUT2D eigenvalue weighted by Gasteiger charge is 2.07. The SMILES string of the molecule is NCCNc1ccc(-c2cc(Cl)ccc2F)nn1. The maximum atomic E-state index is 13.6. The van der Waals surface area contributed by atoms with Crippen LogP contribution >= 0.6 is 11.6 Å². The van der Waals surface area contributed by atoms with Gasteiger partial charge in [0.1, 0.15) is 11.6 Å². The highest BCUT2D eigenvalue weighted by Crippen LogP contribution is 2.24. The van der Waals surface area contributed by atoms with E-state index in [0.29, 0.717) is 35.2 Å². The number of halogens is 2. The number of aromatic nitrogens is 2. The van der Waals surface area contributed by atoms with Crippen LogP contribution in [0.1, 0.15) is 0 Å². The van der Waals surface area contributed by atoms with E-state index in [0.717, 1.165) is 0 Å². The summed E-state index contributed by atoms with van der Waals surface area (Å²) in [4.78, 5) is 0. The van der Waals surface area contributed by atoms with Crippen LogP contribution in [0.3, 0.4) is 0 Å². The molecule has 0 aliphatic heterocycles. The van der Waals surface area contributed by atoms with Gasteiger partial charge in [0, 0.05) is 23.7 Å². The number of hydrogen-bond donors (Lipinski definition) is 2. The minimum Gasteiger partial charge on any atom is -0.367 e. The summed E-state index contributed by atoms with van der Waals surface area (Å²) in [6.45, 7) is 1.12. The largest absolute Gasteiger partial charge is 0.367 e. The fourth-order valence-corrected chi connectivity index (χ4v) is 1.64. The third kappa shape index (κ3) is 2.94. The molecule has 0 atom stereocenters. The van der Waals surface area contributed by atoms with Crippen molar-refractivity contribution in [1.82, 2.24) is 10.2 Å². The van der Waals surface area contributed by atoms with Gasteiger partial charge in [0.05, 0.1) is 5.69 Å². The van der Waals surface area contributed by atoms with E-state index in [9.17, 15) is 4.39 Å². The Kier molecular flexibility index (Phi) is 4.07. The van der Waals surface area contributed by atoms with E-state index in [1.807, 2.05) is 0 Å². The number of benzene rings is 1. The highest BCUT2D eigenvalue weighted by atomic mass is 35.5. The van der Waals surface area contributed by atoms with Crippen molar-refractivity contribution in [2.45, 2.75) is 0 Å². The van der Waals surface area contributed by atoms with Crippen molar-refractivity contribution in [2.75, 3.05) is 18.4 Å². The lowest BCUT2D eigenvalue weighted by Gasteiger charge is -2.05. The number of anilines is 1. The van der Waals surface area contributed by atoms with Gasteiger partial charge in [-0.1, -0.05) is 11.6 Å². The molecule has 1 aromatic carbocycles. The van der Waals surface area contributed by atoms with Crippen LogP contribution in [0.5, 0.6) is 0 Å². The average molecular weight is 267 g/mol. The fraction of sp³-hybridized carbons (Fsp3) is 0.167. The van der Waals surface area contributed by atoms with Crippen LogP contribution in [0.15, 0.2) is 30.3 Å². The van der Waals surface area contributed by atoms with Crippen molar-refractivity contribution < 1.29 is 4.39 Å². The second-order valence-electron chi connectivity index (χ2n) is 3.64. The van der Waals surface area contributed by atoms with Crippen LogP contribution in [-0.4, -0.2) is 23.3 Å². The minimum atomic E-state index is -0.378. The smallest absolute Gasteiger partial charge is 0.148 e. The second-order valence-corrected chi connectivity index (χ2v) is 4.08. The van der Waals surface area contributed by atoms with Gasteiger partial charge in [0.2, 0.25) is 0 Å². The van der Waals surface area contributed by atoms with E-state index in [4.69, 9.17) is 17.3 Å². The lowest BCUT2D eigenvalue weighted by Crippen LogP contribution is -2.14. The molecule has 4 nitrogen and oxygen atoms in total. The molecule has 0 unspecified atom stereocenters. The zero-order chi connectivity index (χ0) is 13.0. The Bertz CT molecular complexity index is 530. The van der Waals surface area contributed by atoms with Crippen LogP contribution in [0.4, 0.5) is 10.2 Å². The lowest BCUT2D eigenvalue weighted by atomic mass is 10.1. The predicted molar refractivity (Wildman–Crippen MR) is 70.0 cm³/mol. The first-order valence-corrected chi connectivity index (χ1v) is 5.81. The molecule has 0 radical (unpaired) electrons. The van der Waals surface area contributed by atoms with Crippen LogP contribution < -0.4 is 11.1 Å². The van der Waals surface area contributed by atoms with Crippen molar-refractivity contribution in [3.05, 3.63) is 41.2 Å². The predicted octanol–water partition coefficient (Wildman–Crippen LogP) is 2.31. The maximum Gasteiger partial charge on any atom is 0.148 e. The van der Waals surface area contributed by atoms with E-state index in [2.05, 4.69) is 15.5 Å². The number of nitrogens with one attached hydrogen (secondary N) is 1. The van der Waals surface area contributed by atoms with Crippen molar-refractivity contribution in [3.63, 3.8) is 0 Å². The van der Waals surface area contributed by atoms with Gasteiger partial charge in [0.15, 0.2) is 0 Å². The molecule has 2 aromatic rings. The molecule has 2 rings (SSSR count). The van der Waals surface area contributed by atoms with Crippen LogP contribution in [0, 0.1) is 5.82 Å². The highest BCUT2D eigenvalue weighted by molar-refractivity contribution is 6.30. The first-order valence-electron chi connectivity index (χ1n) is 5.44. The number of nitrogens with two attached hydrogens (primary N) is 1. The standard InChI is InChI=1S/C12H12ClFN4/c13-8-1-2-10(14)9(7-8)11-3-4-12(18-17-11)16-6-5-15/h1-4,7H,5-6,15H2,(H,16,18). The number of hydrogen-bond acceptors (Lipinski definition) is 4. The third-order valence-corrected chi connectivity index (χ3v) is 2.55. The van der Waals surface area contributed by atoms with Gasteiger partial charge in [-0.05, 0) is 30.3 Å². The molecule has 94 valence electrons. The molecule has 1 aromatic heterocycles. The topological polar surface area (TPSA) is 63.8 Å². The summed E-state index contributed by atoms with van der Waals surface area (Å²) in [7, 11) is 0. The summed E-state index contributed by atoms with van der Waals surface area (Å²) in [5.74, 6) is 0.225. The fourth-order valence-electron chi connectivity index (χ4n) is 1.46. The molecule has 6 heteroatoms. The van der Waals surface area contributed by atoms with E-state index in [1.54, 1.807) is 12.1 Å². The molecule has 0 amide bonds. The quantitative estimate of drug-likeness (QED) is 0.891. The molecule has 0 aliphatic carbocycles. The normalized spacial score (nSPS) is 10.4. The van der Waals surface area contributed by atoms with E-state index in [-0.39, 0.29) is 5.82 Å². The van der Waals surface area contributed by atoms with Crippen LogP contribution in [0.2, 0.25) is 5.02 Å². The summed E-state index contributed by atoms with van der Waals surface area (Å²) in [6.07, 6.45) is 0. The molecular formula is C12H12ClFN4. The van der Waals surface area contributed by atoms with Gasteiger partial charge in [-0.3, -0.25) is 0 Å². The van der Waals surface area contributed by atoms with E-state index < -0.39 is 0 Å². The molecule has 0 saturated heterocycles. The minimum absolute atomic E-state index is 0.334.